The molecule has 3 heteroatoms. The highest BCUT2D eigenvalue weighted by molar-refractivity contribution is 6.31. The van der Waals surface area contributed by atoms with Crippen LogP contribution >= 0.6 is 11.6 Å². The molecule has 0 bridgehead atoms. The van der Waals surface area contributed by atoms with E-state index in [1.54, 1.807) is 0 Å². The molecule has 0 radical (unpaired) electrons. The maximum Gasteiger partial charge on any atom is 0.0511 e. The number of nitrogens with two attached hydrogens (primary N) is 1. The second-order valence-electron chi connectivity index (χ2n) is 6.11. The second kappa shape index (κ2) is 6.25. The van der Waals surface area contributed by atoms with Crippen molar-refractivity contribution in [3.05, 3.63) is 34.9 Å². The lowest BCUT2D eigenvalue weighted by atomic mass is 9.95. The van der Waals surface area contributed by atoms with Crippen molar-refractivity contribution in [3.63, 3.8) is 0 Å². The van der Waals surface area contributed by atoms with Crippen LogP contribution in [0.1, 0.15) is 38.8 Å². The first-order valence-corrected chi connectivity index (χ1v) is 7.62. The summed E-state index contributed by atoms with van der Waals surface area (Å²) in [7, 11) is 0. The zero-order valence-electron chi connectivity index (χ0n) is 12.1. The summed E-state index contributed by atoms with van der Waals surface area (Å²) in [4.78, 5) is 2.51. The van der Waals surface area contributed by atoms with Gasteiger partial charge in [-0.05, 0) is 43.4 Å². The van der Waals surface area contributed by atoms with Gasteiger partial charge in [-0.3, -0.25) is 4.90 Å². The van der Waals surface area contributed by atoms with Crippen LogP contribution in [0.5, 0.6) is 0 Å². The summed E-state index contributed by atoms with van der Waals surface area (Å²) >= 11 is 6.36. The molecule has 1 heterocycles. The maximum absolute atomic E-state index is 6.36. The zero-order valence-corrected chi connectivity index (χ0v) is 12.9. The Morgan fingerprint density at radius 2 is 1.95 bits per heavy atom. The van der Waals surface area contributed by atoms with Gasteiger partial charge in [0.1, 0.15) is 0 Å². The Bertz CT molecular complexity index is 417. The molecule has 0 amide bonds. The third-order valence-electron chi connectivity index (χ3n) is 4.31. The van der Waals surface area contributed by atoms with Crippen molar-refractivity contribution in [1.82, 2.24) is 4.90 Å². The van der Waals surface area contributed by atoms with Gasteiger partial charge in [0, 0.05) is 17.6 Å². The van der Waals surface area contributed by atoms with Crippen molar-refractivity contribution in [2.75, 3.05) is 13.1 Å². The monoisotopic (exact) mass is 280 g/mol. The highest BCUT2D eigenvalue weighted by Crippen LogP contribution is 2.35. The molecular formula is C16H25ClN2. The molecule has 1 fully saturated rings. The Kier molecular flexibility index (Phi) is 4.88. The van der Waals surface area contributed by atoms with Gasteiger partial charge in [0.2, 0.25) is 0 Å². The van der Waals surface area contributed by atoms with Crippen LogP contribution < -0.4 is 5.73 Å². The average molecular weight is 281 g/mol. The van der Waals surface area contributed by atoms with E-state index in [-0.39, 0.29) is 12.1 Å². The van der Waals surface area contributed by atoms with Crippen LogP contribution in [-0.2, 0) is 0 Å². The first-order chi connectivity index (χ1) is 9.00. The van der Waals surface area contributed by atoms with E-state index in [1.165, 1.54) is 12.0 Å². The van der Waals surface area contributed by atoms with Crippen molar-refractivity contribution < 1.29 is 0 Å². The fourth-order valence-electron chi connectivity index (χ4n) is 3.14. The standard InChI is InChI=1S/C16H25ClN2/c1-11(2)13-8-9-19(10-13)16(12(3)18)14-6-4-5-7-15(14)17/h4-7,11-13,16H,8-10,18H2,1-3H3. The fourth-order valence-corrected chi connectivity index (χ4v) is 3.39. The Labute approximate surface area is 121 Å². The molecule has 3 atom stereocenters. The summed E-state index contributed by atoms with van der Waals surface area (Å²) in [5.41, 5.74) is 7.41. The molecule has 0 aliphatic carbocycles. The van der Waals surface area contributed by atoms with Crippen LogP contribution in [0.15, 0.2) is 24.3 Å². The largest absolute Gasteiger partial charge is 0.326 e. The normalized spacial score (nSPS) is 23.8. The molecule has 106 valence electrons. The lowest BCUT2D eigenvalue weighted by Crippen LogP contribution is -2.38. The van der Waals surface area contributed by atoms with Gasteiger partial charge < -0.3 is 5.73 Å². The van der Waals surface area contributed by atoms with Gasteiger partial charge in [-0.2, -0.15) is 0 Å². The Hall–Kier alpha value is -0.570. The van der Waals surface area contributed by atoms with Crippen LogP contribution in [0, 0.1) is 11.8 Å². The summed E-state index contributed by atoms with van der Waals surface area (Å²) in [5.74, 6) is 1.52. The van der Waals surface area contributed by atoms with Crippen LogP contribution in [0.25, 0.3) is 0 Å². The lowest BCUT2D eigenvalue weighted by Gasteiger charge is -2.32. The van der Waals surface area contributed by atoms with E-state index in [0.29, 0.717) is 0 Å². The first kappa shape index (κ1) is 14.8. The summed E-state index contributed by atoms with van der Waals surface area (Å²) in [5, 5.41) is 0.831. The van der Waals surface area contributed by atoms with E-state index >= 15 is 0 Å². The third kappa shape index (κ3) is 3.31. The van der Waals surface area contributed by atoms with Gasteiger partial charge in [-0.1, -0.05) is 43.6 Å². The molecular weight excluding hydrogens is 256 g/mol. The number of rotatable bonds is 4. The van der Waals surface area contributed by atoms with E-state index in [2.05, 4.69) is 31.7 Å². The Morgan fingerprint density at radius 1 is 1.26 bits per heavy atom. The predicted molar refractivity (Wildman–Crippen MR) is 82.4 cm³/mol. The van der Waals surface area contributed by atoms with Gasteiger partial charge in [-0.15, -0.1) is 0 Å². The molecule has 1 aliphatic heterocycles. The van der Waals surface area contributed by atoms with E-state index in [9.17, 15) is 0 Å². The topological polar surface area (TPSA) is 29.3 Å². The number of benzene rings is 1. The summed E-state index contributed by atoms with van der Waals surface area (Å²) in [6.45, 7) is 8.96. The number of halogens is 1. The summed E-state index contributed by atoms with van der Waals surface area (Å²) in [6, 6.07) is 8.42. The minimum absolute atomic E-state index is 0.0887. The van der Waals surface area contributed by atoms with Crippen molar-refractivity contribution in [3.8, 4) is 0 Å². The number of likely N-dealkylation sites (tertiary alicyclic amines) is 1. The SMILES string of the molecule is CC(C)C1CCN(C(c2ccccc2Cl)C(C)N)C1. The summed E-state index contributed by atoms with van der Waals surface area (Å²) in [6.07, 6.45) is 1.27. The zero-order chi connectivity index (χ0) is 14.0. The van der Waals surface area contributed by atoms with E-state index in [1.807, 2.05) is 18.2 Å². The molecule has 1 aromatic carbocycles. The number of hydrogen-bond acceptors (Lipinski definition) is 2. The average Bonchev–Trinajstić information content (AvgIpc) is 2.81. The smallest absolute Gasteiger partial charge is 0.0511 e. The molecule has 0 saturated carbocycles. The highest BCUT2D eigenvalue weighted by Gasteiger charge is 2.33. The Balaban J connectivity index is 2.21. The first-order valence-electron chi connectivity index (χ1n) is 7.24. The fraction of sp³-hybridized carbons (Fsp3) is 0.625. The molecule has 0 spiro atoms. The molecule has 2 N–H and O–H groups in total. The van der Waals surface area contributed by atoms with Crippen LogP contribution in [-0.4, -0.2) is 24.0 Å². The second-order valence-corrected chi connectivity index (χ2v) is 6.52. The van der Waals surface area contributed by atoms with Gasteiger partial charge in [-0.25, -0.2) is 0 Å². The van der Waals surface area contributed by atoms with E-state index in [0.717, 1.165) is 29.9 Å². The van der Waals surface area contributed by atoms with Crippen LogP contribution in [0.3, 0.4) is 0 Å². The van der Waals surface area contributed by atoms with Crippen molar-refractivity contribution >= 4 is 11.6 Å². The van der Waals surface area contributed by atoms with Gasteiger partial charge >= 0.3 is 0 Å². The molecule has 2 rings (SSSR count). The molecule has 1 aromatic rings. The number of nitrogens with zero attached hydrogens (tertiary/aromatic N) is 1. The minimum Gasteiger partial charge on any atom is -0.326 e. The van der Waals surface area contributed by atoms with Gasteiger partial charge in [0.15, 0.2) is 0 Å². The van der Waals surface area contributed by atoms with Crippen molar-refractivity contribution in [2.45, 2.75) is 39.3 Å². The lowest BCUT2D eigenvalue weighted by molar-refractivity contribution is 0.204. The van der Waals surface area contributed by atoms with Gasteiger partial charge in [0.25, 0.3) is 0 Å². The van der Waals surface area contributed by atoms with Crippen molar-refractivity contribution in [2.24, 2.45) is 17.6 Å². The highest BCUT2D eigenvalue weighted by atomic mass is 35.5. The number of hydrogen-bond donors (Lipinski definition) is 1. The van der Waals surface area contributed by atoms with Crippen LogP contribution in [0.2, 0.25) is 5.02 Å². The molecule has 0 aromatic heterocycles. The summed E-state index contributed by atoms with van der Waals surface area (Å²) < 4.78 is 0. The Morgan fingerprint density at radius 3 is 2.47 bits per heavy atom. The molecule has 2 nitrogen and oxygen atoms in total. The van der Waals surface area contributed by atoms with Crippen molar-refractivity contribution in [1.29, 1.82) is 0 Å². The molecule has 1 aliphatic rings. The quantitative estimate of drug-likeness (QED) is 0.911. The predicted octanol–water partition coefficient (Wildman–Crippen LogP) is 3.71. The van der Waals surface area contributed by atoms with Gasteiger partial charge in [0.05, 0.1) is 6.04 Å². The van der Waals surface area contributed by atoms with E-state index < -0.39 is 0 Å². The third-order valence-corrected chi connectivity index (χ3v) is 4.66. The van der Waals surface area contributed by atoms with E-state index in [4.69, 9.17) is 17.3 Å². The molecule has 1 saturated heterocycles. The van der Waals surface area contributed by atoms with Crippen LogP contribution in [0.4, 0.5) is 0 Å². The molecule has 19 heavy (non-hydrogen) atoms. The minimum atomic E-state index is 0.0887. The maximum atomic E-state index is 6.36. The molecule has 3 unspecified atom stereocenters.